The maximum Gasteiger partial charge on any atom is 0.306 e. The molecule has 2 atom stereocenters. The van der Waals surface area contributed by atoms with E-state index in [-0.39, 0.29) is 5.92 Å². The molecule has 0 aromatic rings. The van der Waals surface area contributed by atoms with Crippen molar-refractivity contribution in [3.8, 4) is 0 Å². The van der Waals surface area contributed by atoms with Crippen LogP contribution in [0, 0.1) is 11.8 Å². The third-order valence-electron chi connectivity index (χ3n) is 3.18. The maximum atomic E-state index is 11.4. The van der Waals surface area contributed by atoms with Crippen LogP contribution in [0.4, 0.5) is 0 Å². The molecule has 0 bridgehead atoms. The third kappa shape index (κ3) is 6.36. The van der Waals surface area contributed by atoms with E-state index in [4.69, 9.17) is 0 Å². The summed E-state index contributed by atoms with van der Waals surface area (Å²) in [6.45, 7) is 1.79. The molecule has 1 rings (SSSR count). The molecule has 1 aliphatic rings. The molecule has 0 amide bonds. The molecule has 0 radical (unpaired) electrons. The van der Waals surface area contributed by atoms with Gasteiger partial charge in [-0.2, -0.15) is 0 Å². The van der Waals surface area contributed by atoms with Crippen molar-refractivity contribution < 1.29 is 14.7 Å². The van der Waals surface area contributed by atoms with Gasteiger partial charge in [-0.25, -0.2) is 0 Å². The molecule has 110 valence electrons. The Morgan fingerprint density at radius 2 is 2.10 bits per heavy atom. The van der Waals surface area contributed by atoms with Gasteiger partial charge in [0.1, 0.15) is 7.11 Å². The molecule has 2 unspecified atom stereocenters. The van der Waals surface area contributed by atoms with Crippen LogP contribution < -0.4 is 0 Å². The number of carboxylic acid groups (broad SMARTS) is 1. The highest BCUT2D eigenvalue weighted by Gasteiger charge is 2.21. The highest BCUT2D eigenvalue weighted by atomic mass is 16.6. The lowest BCUT2D eigenvalue weighted by Crippen LogP contribution is -2.19. The van der Waals surface area contributed by atoms with Gasteiger partial charge in [0.25, 0.3) is 0 Å². The number of carboxylic acids is 1. The van der Waals surface area contributed by atoms with E-state index in [2.05, 4.69) is 34.3 Å². The van der Waals surface area contributed by atoms with Crippen LogP contribution >= 0.6 is 0 Å². The van der Waals surface area contributed by atoms with Gasteiger partial charge in [-0.1, -0.05) is 41.6 Å². The summed E-state index contributed by atoms with van der Waals surface area (Å²) in [7, 11) is 1.47. The summed E-state index contributed by atoms with van der Waals surface area (Å²) < 4.78 is 0. The van der Waals surface area contributed by atoms with Crippen molar-refractivity contribution in [2.75, 3.05) is 7.11 Å². The summed E-state index contributed by atoms with van der Waals surface area (Å²) in [6, 6.07) is 0. The molecule has 0 heterocycles. The standard InChI is InChI=1S/C16H23NO3/c1-13(17-20-2)11-15(16(18)19)12-14-9-7-5-3-4-6-8-10-14/h3,5,7-10,14-15H,4,6,11-12H2,1-2H3,(H,18,19)/b5-3-,9-7-,10-8?,17-13-. The molecule has 4 nitrogen and oxygen atoms in total. The largest absolute Gasteiger partial charge is 0.481 e. The van der Waals surface area contributed by atoms with Crippen LogP contribution in [0.3, 0.4) is 0 Å². The molecule has 0 spiro atoms. The van der Waals surface area contributed by atoms with Crippen LogP contribution in [0.2, 0.25) is 0 Å². The maximum absolute atomic E-state index is 11.4. The smallest absolute Gasteiger partial charge is 0.306 e. The van der Waals surface area contributed by atoms with Crippen molar-refractivity contribution in [1.29, 1.82) is 0 Å². The van der Waals surface area contributed by atoms with E-state index in [0.717, 1.165) is 12.8 Å². The van der Waals surface area contributed by atoms with Crippen molar-refractivity contribution in [3.63, 3.8) is 0 Å². The van der Waals surface area contributed by atoms with E-state index < -0.39 is 11.9 Å². The fourth-order valence-corrected chi connectivity index (χ4v) is 2.22. The molecule has 0 aliphatic heterocycles. The van der Waals surface area contributed by atoms with Gasteiger partial charge in [0.2, 0.25) is 0 Å². The Labute approximate surface area is 120 Å². The van der Waals surface area contributed by atoms with E-state index in [9.17, 15) is 9.90 Å². The second kappa shape index (κ2) is 9.13. The molecular weight excluding hydrogens is 254 g/mol. The fraction of sp³-hybridized carbons (Fsp3) is 0.500. The number of hydrogen-bond acceptors (Lipinski definition) is 3. The fourth-order valence-electron chi connectivity index (χ4n) is 2.22. The van der Waals surface area contributed by atoms with Gasteiger partial charge in [0.05, 0.1) is 11.6 Å². The van der Waals surface area contributed by atoms with Gasteiger partial charge in [-0.3, -0.25) is 4.79 Å². The second-order valence-corrected chi connectivity index (χ2v) is 4.97. The topological polar surface area (TPSA) is 58.9 Å². The number of oxime groups is 1. The van der Waals surface area contributed by atoms with E-state index in [1.54, 1.807) is 6.92 Å². The highest BCUT2D eigenvalue weighted by molar-refractivity contribution is 5.85. The molecule has 0 saturated carbocycles. The first kappa shape index (κ1) is 16.2. The Kier molecular flexibility index (Phi) is 7.40. The van der Waals surface area contributed by atoms with Crippen LogP contribution in [0.25, 0.3) is 0 Å². The number of allylic oxidation sites excluding steroid dienone is 6. The Balaban J connectivity index is 2.70. The SMILES string of the molecule is CO/N=C(/C)CC(CC1C=CCC/C=C\C=C/1)C(=O)O. The van der Waals surface area contributed by atoms with Gasteiger partial charge in [0.15, 0.2) is 0 Å². The minimum Gasteiger partial charge on any atom is -0.481 e. The Morgan fingerprint density at radius 3 is 2.80 bits per heavy atom. The molecule has 20 heavy (non-hydrogen) atoms. The summed E-state index contributed by atoms with van der Waals surface area (Å²) in [6.07, 6.45) is 15.4. The second-order valence-electron chi connectivity index (χ2n) is 4.97. The zero-order chi connectivity index (χ0) is 14.8. The predicted octanol–water partition coefficient (Wildman–Crippen LogP) is 3.57. The summed E-state index contributed by atoms with van der Waals surface area (Å²) >= 11 is 0. The van der Waals surface area contributed by atoms with Gasteiger partial charge in [-0.05, 0) is 32.1 Å². The van der Waals surface area contributed by atoms with Crippen LogP contribution in [0.15, 0.2) is 41.6 Å². The predicted molar refractivity (Wildman–Crippen MR) is 80.6 cm³/mol. The summed E-state index contributed by atoms with van der Waals surface area (Å²) in [4.78, 5) is 16.1. The number of carbonyl (C=O) groups is 1. The third-order valence-corrected chi connectivity index (χ3v) is 3.18. The Bertz CT molecular complexity index is 421. The molecule has 1 N–H and O–H groups in total. The molecule has 0 aromatic heterocycles. The van der Waals surface area contributed by atoms with Crippen molar-refractivity contribution in [2.24, 2.45) is 17.0 Å². The lowest BCUT2D eigenvalue weighted by Gasteiger charge is -2.15. The molecule has 0 aromatic carbocycles. The first-order valence-corrected chi connectivity index (χ1v) is 6.93. The van der Waals surface area contributed by atoms with E-state index >= 15 is 0 Å². The van der Waals surface area contributed by atoms with Crippen LogP contribution in [0.1, 0.15) is 32.6 Å². The number of nitrogens with zero attached hydrogens (tertiary/aromatic N) is 1. The molecule has 0 saturated heterocycles. The monoisotopic (exact) mass is 277 g/mol. The lowest BCUT2D eigenvalue weighted by molar-refractivity contribution is -0.141. The molecule has 4 heteroatoms. The van der Waals surface area contributed by atoms with Crippen LogP contribution in [-0.2, 0) is 9.63 Å². The van der Waals surface area contributed by atoms with Crippen LogP contribution in [-0.4, -0.2) is 23.9 Å². The van der Waals surface area contributed by atoms with E-state index in [1.165, 1.54) is 7.11 Å². The van der Waals surface area contributed by atoms with Crippen molar-refractivity contribution in [1.82, 2.24) is 0 Å². The van der Waals surface area contributed by atoms with Gasteiger partial charge in [-0.15, -0.1) is 0 Å². The Hall–Kier alpha value is -1.84. The molecular formula is C16H23NO3. The molecule has 1 aliphatic carbocycles. The van der Waals surface area contributed by atoms with Crippen molar-refractivity contribution in [2.45, 2.75) is 32.6 Å². The zero-order valence-corrected chi connectivity index (χ0v) is 12.2. The van der Waals surface area contributed by atoms with Crippen molar-refractivity contribution >= 4 is 11.7 Å². The zero-order valence-electron chi connectivity index (χ0n) is 12.2. The quantitative estimate of drug-likeness (QED) is 0.458. The van der Waals surface area contributed by atoms with E-state index in [0.29, 0.717) is 18.6 Å². The normalized spacial score (nSPS) is 24.1. The average Bonchev–Trinajstić information content (AvgIpc) is 2.52. The van der Waals surface area contributed by atoms with Crippen LogP contribution in [0.5, 0.6) is 0 Å². The summed E-state index contributed by atoms with van der Waals surface area (Å²) in [5.74, 6) is -1.08. The summed E-state index contributed by atoms with van der Waals surface area (Å²) in [5.41, 5.74) is 0.704. The minimum atomic E-state index is -0.784. The lowest BCUT2D eigenvalue weighted by atomic mass is 9.90. The van der Waals surface area contributed by atoms with Crippen molar-refractivity contribution in [3.05, 3.63) is 36.5 Å². The first-order chi connectivity index (χ1) is 9.63. The van der Waals surface area contributed by atoms with E-state index in [1.807, 2.05) is 12.2 Å². The molecule has 0 fully saturated rings. The van der Waals surface area contributed by atoms with Gasteiger partial charge in [0, 0.05) is 6.42 Å². The number of rotatable bonds is 6. The minimum absolute atomic E-state index is 0.147. The van der Waals surface area contributed by atoms with Gasteiger partial charge < -0.3 is 9.94 Å². The number of aliphatic carboxylic acids is 1. The highest BCUT2D eigenvalue weighted by Crippen LogP contribution is 2.21. The average molecular weight is 277 g/mol. The number of hydrogen-bond donors (Lipinski definition) is 1. The van der Waals surface area contributed by atoms with Gasteiger partial charge >= 0.3 is 5.97 Å². The summed E-state index contributed by atoms with van der Waals surface area (Å²) in [5, 5.41) is 13.1. The first-order valence-electron chi connectivity index (χ1n) is 6.93. The Morgan fingerprint density at radius 1 is 1.35 bits per heavy atom.